The number of pyridine rings is 1. The molecule has 0 aliphatic rings. The number of rotatable bonds is 3. The molecule has 100 valence electrons. The minimum Gasteiger partial charge on any atom is -1.00 e. The molecule has 3 rings (SSSR count). The number of ketones is 1. The third-order valence-corrected chi connectivity index (χ3v) is 3.20. The number of benzene rings is 2. The largest absolute Gasteiger partial charge is 1.00 e. The lowest BCUT2D eigenvalue weighted by atomic mass is 10.1. The molecule has 0 radical (unpaired) electrons. The predicted molar refractivity (Wildman–Crippen MR) is 74.9 cm³/mol. The molecule has 0 fully saturated rings. The van der Waals surface area contributed by atoms with E-state index < -0.39 is 0 Å². The fraction of sp³-hybridized carbons (Fsp3) is 0.0588. The minimum atomic E-state index is 0. The van der Waals surface area contributed by atoms with Crippen molar-refractivity contribution in [2.75, 3.05) is 0 Å². The van der Waals surface area contributed by atoms with Gasteiger partial charge in [0, 0.05) is 23.1 Å². The first-order chi connectivity index (χ1) is 9.34. The van der Waals surface area contributed by atoms with E-state index in [4.69, 9.17) is 0 Å². The number of para-hydroxylation sites is 1. The van der Waals surface area contributed by atoms with Gasteiger partial charge in [0.2, 0.25) is 17.8 Å². The number of fused-ring (bicyclic) bond motifs is 1. The van der Waals surface area contributed by atoms with Crippen molar-refractivity contribution < 1.29 is 26.3 Å². The minimum absolute atomic E-state index is 0. The van der Waals surface area contributed by atoms with Gasteiger partial charge in [0.15, 0.2) is 6.20 Å². The summed E-state index contributed by atoms with van der Waals surface area (Å²) in [6, 6.07) is 21.5. The molecular formula is C17H14BrNO. The molecule has 2 aromatic carbocycles. The molecule has 0 amide bonds. The molecule has 3 aromatic rings. The molecule has 2 nitrogen and oxygen atoms in total. The zero-order chi connectivity index (χ0) is 13.1. The van der Waals surface area contributed by atoms with Crippen LogP contribution in [-0.2, 0) is 6.54 Å². The van der Waals surface area contributed by atoms with Crippen LogP contribution in [0.25, 0.3) is 10.9 Å². The van der Waals surface area contributed by atoms with Gasteiger partial charge in [0.25, 0.3) is 0 Å². The zero-order valence-corrected chi connectivity index (χ0v) is 12.5. The Balaban J connectivity index is 0.00000147. The molecule has 3 heteroatoms. The normalized spacial score (nSPS) is 10.0. The summed E-state index contributed by atoms with van der Waals surface area (Å²) in [4.78, 5) is 12.2. The van der Waals surface area contributed by atoms with E-state index in [-0.39, 0.29) is 22.8 Å². The summed E-state index contributed by atoms with van der Waals surface area (Å²) in [7, 11) is 0. The van der Waals surface area contributed by atoms with Crippen LogP contribution in [0, 0.1) is 0 Å². The quantitative estimate of drug-likeness (QED) is 0.490. The molecule has 0 bridgehead atoms. The molecule has 0 spiro atoms. The lowest BCUT2D eigenvalue weighted by Crippen LogP contribution is -3.00. The standard InChI is InChI=1S/C17H14NO.BrH/c19-17(15-8-2-1-3-9-15)13-18-12-6-10-14-7-4-5-11-16(14)18;/h1-12H,13H2;1H/q+1;/p-1. The molecule has 20 heavy (non-hydrogen) atoms. The van der Waals surface area contributed by atoms with Crippen molar-refractivity contribution in [3.05, 3.63) is 78.5 Å². The number of halogens is 1. The SMILES string of the molecule is O=C(C[n+]1cccc2ccccc21)c1ccccc1.[Br-]. The van der Waals surface area contributed by atoms with Crippen LogP contribution >= 0.6 is 0 Å². The van der Waals surface area contributed by atoms with E-state index >= 15 is 0 Å². The Morgan fingerprint density at radius 2 is 1.50 bits per heavy atom. The topological polar surface area (TPSA) is 20.9 Å². The van der Waals surface area contributed by atoms with Gasteiger partial charge in [-0.15, -0.1) is 0 Å². The first-order valence-electron chi connectivity index (χ1n) is 6.30. The van der Waals surface area contributed by atoms with Gasteiger partial charge in [0.1, 0.15) is 0 Å². The molecule has 0 saturated carbocycles. The van der Waals surface area contributed by atoms with Crippen LogP contribution in [0.1, 0.15) is 10.4 Å². The Hall–Kier alpha value is -2.00. The molecule has 0 saturated heterocycles. The van der Waals surface area contributed by atoms with Crippen molar-refractivity contribution >= 4 is 16.7 Å². The molecule has 0 atom stereocenters. The highest BCUT2D eigenvalue weighted by Gasteiger charge is 2.14. The average Bonchev–Trinajstić information content (AvgIpc) is 2.48. The number of nitrogens with zero attached hydrogens (tertiary/aromatic N) is 1. The summed E-state index contributed by atoms with van der Waals surface area (Å²) in [5.41, 5.74) is 1.83. The fourth-order valence-corrected chi connectivity index (χ4v) is 2.23. The van der Waals surface area contributed by atoms with Crippen molar-refractivity contribution in [1.82, 2.24) is 0 Å². The Kier molecular flexibility index (Phi) is 4.64. The van der Waals surface area contributed by atoms with E-state index in [1.54, 1.807) is 0 Å². The summed E-state index contributed by atoms with van der Waals surface area (Å²) in [6.07, 6.45) is 1.95. The smallest absolute Gasteiger partial charge is 0.227 e. The number of carbonyl (C=O) groups excluding carboxylic acids is 1. The Bertz CT molecular complexity index is 720. The predicted octanol–water partition coefficient (Wildman–Crippen LogP) is 0.0142. The molecule has 1 aromatic heterocycles. The molecule has 0 N–H and O–H groups in total. The summed E-state index contributed by atoms with van der Waals surface area (Å²) < 4.78 is 1.99. The maximum atomic E-state index is 12.2. The van der Waals surface area contributed by atoms with Gasteiger partial charge in [-0.25, -0.2) is 0 Å². The molecular weight excluding hydrogens is 314 g/mol. The van der Waals surface area contributed by atoms with E-state index in [9.17, 15) is 4.79 Å². The fourth-order valence-electron chi connectivity index (χ4n) is 2.23. The molecule has 0 unspecified atom stereocenters. The van der Waals surface area contributed by atoms with Crippen LogP contribution in [0.5, 0.6) is 0 Å². The Morgan fingerprint density at radius 3 is 2.30 bits per heavy atom. The Labute approximate surface area is 128 Å². The second-order valence-electron chi connectivity index (χ2n) is 4.48. The first-order valence-corrected chi connectivity index (χ1v) is 6.30. The summed E-state index contributed by atoms with van der Waals surface area (Å²) in [5, 5.41) is 1.14. The van der Waals surface area contributed by atoms with E-state index in [1.165, 1.54) is 0 Å². The zero-order valence-electron chi connectivity index (χ0n) is 10.9. The first kappa shape index (κ1) is 14.4. The second-order valence-corrected chi connectivity index (χ2v) is 4.48. The molecule has 1 heterocycles. The lowest BCUT2D eigenvalue weighted by molar-refractivity contribution is -0.657. The maximum Gasteiger partial charge on any atom is 0.227 e. The molecule has 0 aliphatic heterocycles. The van der Waals surface area contributed by atoms with Crippen molar-refractivity contribution in [3.63, 3.8) is 0 Å². The number of aromatic nitrogens is 1. The van der Waals surface area contributed by atoms with Crippen molar-refractivity contribution in [2.24, 2.45) is 0 Å². The van der Waals surface area contributed by atoms with E-state index in [2.05, 4.69) is 12.1 Å². The van der Waals surface area contributed by atoms with Gasteiger partial charge in [-0.1, -0.05) is 42.5 Å². The van der Waals surface area contributed by atoms with Gasteiger partial charge in [-0.3, -0.25) is 4.79 Å². The van der Waals surface area contributed by atoms with Gasteiger partial charge in [-0.2, -0.15) is 4.57 Å². The van der Waals surface area contributed by atoms with Crippen LogP contribution in [0.15, 0.2) is 72.9 Å². The monoisotopic (exact) mass is 327 g/mol. The molecule has 0 aliphatic carbocycles. The van der Waals surface area contributed by atoms with E-state index in [1.807, 2.05) is 65.4 Å². The van der Waals surface area contributed by atoms with E-state index in [0.717, 1.165) is 16.5 Å². The highest BCUT2D eigenvalue weighted by molar-refractivity contribution is 5.95. The number of hydrogen-bond acceptors (Lipinski definition) is 1. The maximum absolute atomic E-state index is 12.2. The highest BCUT2D eigenvalue weighted by Crippen LogP contribution is 2.08. The van der Waals surface area contributed by atoms with Gasteiger partial charge in [0.05, 0.1) is 0 Å². The van der Waals surface area contributed by atoms with Crippen molar-refractivity contribution in [3.8, 4) is 0 Å². The number of carbonyl (C=O) groups is 1. The Morgan fingerprint density at radius 1 is 0.850 bits per heavy atom. The van der Waals surface area contributed by atoms with Crippen LogP contribution in [0.3, 0.4) is 0 Å². The number of Topliss-reactive ketones (excluding diaryl/α,β-unsaturated/α-hetero) is 1. The second kappa shape index (κ2) is 6.44. The van der Waals surface area contributed by atoms with Gasteiger partial charge < -0.3 is 17.0 Å². The van der Waals surface area contributed by atoms with Gasteiger partial charge in [-0.05, 0) is 12.1 Å². The summed E-state index contributed by atoms with van der Waals surface area (Å²) >= 11 is 0. The van der Waals surface area contributed by atoms with E-state index in [0.29, 0.717) is 6.54 Å². The summed E-state index contributed by atoms with van der Waals surface area (Å²) in [6.45, 7) is 0.366. The van der Waals surface area contributed by atoms with Crippen LogP contribution in [0.4, 0.5) is 0 Å². The van der Waals surface area contributed by atoms with Crippen LogP contribution < -0.4 is 21.5 Å². The third-order valence-electron chi connectivity index (χ3n) is 3.20. The average molecular weight is 328 g/mol. The van der Waals surface area contributed by atoms with Crippen LogP contribution in [0.2, 0.25) is 0 Å². The number of hydrogen-bond donors (Lipinski definition) is 0. The highest BCUT2D eigenvalue weighted by atomic mass is 79.9. The summed E-state index contributed by atoms with van der Waals surface area (Å²) in [5.74, 6) is 0.127. The van der Waals surface area contributed by atoms with Crippen molar-refractivity contribution in [2.45, 2.75) is 6.54 Å². The third kappa shape index (κ3) is 2.94. The van der Waals surface area contributed by atoms with Crippen LogP contribution in [-0.4, -0.2) is 5.78 Å². The van der Waals surface area contributed by atoms with Crippen molar-refractivity contribution in [1.29, 1.82) is 0 Å². The van der Waals surface area contributed by atoms with Gasteiger partial charge >= 0.3 is 0 Å². The lowest BCUT2D eigenvalue weighted by Gasteiger charge is -2.01.